The second-order valence-corrected chi connectivity index (χ2v) is 6.42. The summed E-state index contributed by atoms with van der Waals surface area (Å²) in [5.41, 5.74) is 13.3. The molecular weight excluding hydrogens is 336 g/mol. The summed E-state index contributed by atoms with van der Waals surface area (Å²) < 4.78 is 0.474. The van der Waals surface area contributed by atoms with E-state index in [4.69, 9.17) is 23.1 Å². The molecule has 0 radical (unpaired) electrons. The second kappa shape index (κ2) is 7.80. The van der Waals surface area contributed by atoms with Gasteiger partial charge in [0.1, 0.15) is 0 Å². The SMILES string of the molecule is CC(=C/N)/C(=C\N)c1cc(NC(=O)CCc2cnc(Cl)s2)n[nH]1. The number of hydrogen-bond acceptors (Lipinski definition) is 6. The number of carbonyl (C=O) groups is 1. The molecule has 0 fully saturated rings. The van der Waals surface area contributed by atoms with E-state index in [1.165, 1.54) is 23.7 Å². The predicted molar refractivity (Wildman–Crippen MR) is 92.8 cm³/mol. The standard InChI is InChI=1S/C14H17ClN6OS/c1-8(5-16)10(6-17)11-4-12(21-20-11)19-13(22)3-2-9-7-18-14(15)23-9/h4-7H,2-3,16-17H2,1H3,(H2,19,20,21,22)/b8-5-,10-6+. The Morgan fingerprint density at radius 1 is 1.48 bits per heavy atom. The Morgan fingerprint density at radius 3 is 2.87 bits per heavy atom. The first-order valence-electron chi connectivity index (χ1n) is 6.80. The van der Waals surface area contributed by atoms with Crippen LogP contribution in [0.1, 0.15) is 23.9 Å². The summed E-state index contributed by atoms with van der Waals surface area (Å²) in [5, 5.41) is 9.59. The number of nitrogens with one attached hydrogen (secondary N) is 2. The Kier molecular flexibility index (Phi) is 5.78. The lowest BCUT2D eigenvalue weighted by Gasteiger charge is -2.02. The van der Waals surface area contributed by atoms with Gasteiger partial charge >= 0.3 is 0 Å². The van der Waals surface area contributed by atoms with Gasteiger partial charge in [0.05, 0.1) is 5.69 Å². The normalized spacial score (nSPS) is 12.4. The minimum Gasteiger partial charge on any atom is -0.404 e. The fourth-order valence-electron chi connectivity index (χ4n) is 1.89. The van der Waals surface area contributed by atoms with Crippen LogP contribution in [0.2, 0.25) is 4.47 Å². The summed E-state index contributed by atoms with van der Waals surface area (Å²) in [6.45, 7) is 1.83. The number of anilines is 1. The minimum atomic E-state index is -0.142. The number of halogens is 1. The van der Waals surface area contributed by atoms with Crippen molar-refractivity contribution >= 4 is 40.2 Å². The molecule has 23 heavy (non-hydrogen) atoms. The molecule has 0 aromatic carbocycles. The van der Waals surface area contributed by atoms with Crippen molar-refractivity contribution in [3.8, 4) is 0 Å². The number of nitrogens with two attached hydrogens (primary N) is 2. The van der Waals surface area contributed by atoms with Gasteiger partial charge < -0.3 is 16.8 Å². The van der Waals surface area contributed by atoms with Crippen LogP contribution in [0.25, 0.3) is 5.57 Å². The summed E-state index contributed by atoms with van der Waals surface area (Å²) in [5.74, 6) is 0.286. The molecule has 1 amide bonds. The van der Waals surface area contributed by atoms with E-state index >= 15 is 0 Å². The maximum Gasteiger partial charge on any atom is 0.225 e. The van der Waals surface area contributed by atoms with E-state index in [1.807, 2.05) is 6.92 Å². The molecule has 0 unspecified atom stereocenters. The van der Waals surface area contributed by atoms with Gasteiger partial charge in [-0.3, -0.25) is 9.89 Å². The van der Waals surface area contributed by atoms with Crippen LogP contribution in [0.5, 0.6) is 0 Å². The topological polar surface area (TPSA) is 123 Å². The zero-order valence-corrected chi connectivity index (χ0v) is 14.0. The number of aromatic amines is 1. The van der Waals surface area contributed by atoms with E-state index < -0.39 is 0 Å². The fraction of sp³-hybridized carbons (Fsp3) is 0.214. The van der Waals surface area contributed by atoms with Crippen LogP contribution < -0.4 is 16.8 Å². The highest BCUT2D eigenvalue weighted by atomic mass is 35.5. The molecule has 0 spiro atoms. The van der Waals surface area contributed by atoms with E-state index in [1.54, 1.807) is 12.3 Å². The van der Waals surface area contributed by atoms with Crippen LogP contribution in [-0.4, -0.2) is 21.1 Å². The first-order chi connectivity index (χ1) is 11.0. The number of nitrogens with zero attached hydrogens (tertiary/aromatic N) is 2. The quantitative estimate of drug-likeness (QED) is 0.594. The van der Waals surface area contributed by atoms with Gasteiger partial charge in [-0.15, -0.1) is 11.3 Å². The third-order valence-electron chi connectivity index (χ3n) is 3.10. The first kappa shape index (κ1) is 17.0. The molecule has 0 saturated heterocycles. The number of hydrogen-bond donors (Lipinski definition) is 4. The number of aromatic nitrogens is 3. The highest BCUT2D eigenvalue weighted by molar-refractivity contribution is 7.15. The van der Waals surface area contributed by atoms with Crippen molar-refractivity contribution in [3.05, 3.63) is 45.3 Å². The third kappa shape index (κ3) is 4.57. The Hall–Kier alpha value is -2.32. The Morgan fingerprint density at radius 2 is 2.26 bits per heavy atom. The van der Waals surface area contributed by atoms with Crippen LogP contribution in [0.15, 0.2) is 30.2 Å². The molecule has 0 saturated carbocycles. The number of carbonyl (C=O) groups excluding carboxylic acids is 1. The molecular formula is C14H17ClN6OS. The van der Waals surface area contributed by atoms with E-state index in [0.29, 0.717) is 28.8 Å². The summed E-state index contributed by atoms with van der Waals surface area (Å²) in [7, 11) is 0. The number of thiazole rings is 1. The zero-order valence-electron chi connectivity index (χ0n) is 12.5. The van der Waals surface area contributed by atoms with Crippen LogP contribution in [-0.2, 0) is 11.2 Å². The van der Waals surface area contributed by atoms with Gasteiger partial charge in [0.15, 0.2) is 10.3 Å². The largest absolute Gasteiger partial charge is 0.404 e. The van der Waals surface area contributed by atoms with Crippen molar-refractivity contribution < 1.29 is 4.79 Å². The van der Waals surface area contributed by atoms with Crippen molar-refractivity contribution in [2.45, 2.75) is 19.8 Å². The summed E-state index contributed by atoms with van der Waals surface area (Å²) in [6.07, 6.45) is 5.47. The fourth-order valence-corrected chi connectivity index (χ4v) is 2.87. The van der Waals surface area contributed by atoms with Gasteiger partial charge in [-0.2, -0.15) is 5.10 Å². The lowest BCUT2D eigenvalue weighted by molar-refractivity contribution is -0.116. The van der Waals surface area contributed by atoms with Gasteiger partial charge in [0.25, 0.3) is 0 Å². The zero-order chi connectivity index (χ0) is 16.8. The highest BCUT2D eigenvalue weighted by Crippen LogP contribution is 2.22. The molecule has 9 heteroatoms. The molecule has 0 aliphatic rings. The van der Waals surface area contributed by atoms with Crippen molar-refractivity contribution in [1.82, 2.24) is 15.2 Å². The van der Waals surface area contributed by atoms with Gasteiger partial charge in [0.2, 0.25) is 5.91 Å². The van der Waals surface area contributed by atoms with Crippen molar-refractivity contribution in [3.63, 3.8) is 0 Å². The van der Waals surface area contributed by atoms with E-state index in [2.05, 4.69) is 20.5 Å². The molecule has 2 aromatic heterocycles. The Bertz CT molecular complexity index is 748. The molecule has 2 rings (SSSR count). The van der Waals surface area contributed by atoms with Gasteiger partial charge in [0, 0.05) is 35.3 Å². The molecule has 0 aliphatic heterocycles. The van der Waals surface area contributed by atoms with Crippen LogP contribution in [0, 0.1) is 0 Å². The molecule has 2 aromatic rings. The Labute approximate surface area is 142 Å². The highest BCUT2D eigenvalue weighted by Gasteiger charge is 2.11. The lowest BCUT2D eigenvalue weighted by Crippen LogP contribution is -2.12. The van der Waals surface area contributed by atoms with E-state index in [-0.39, 0.29) is 5.91 Å². The van der Waals surface area contributed by atoms with Crippen LogP contribution in [0.3, 0.4) is 0 Å². The average Bonchev–Trinajstić information content (AvgIpc) is 3.15. The third-order valence-corrected chi connectivity index (χ3v) is 4.28. The monoisotopic (exact) mass is 352 g/mol. The maximum absolute atomic E-state index is 11.9. The average molecular weight is 353 g/mol. The predicted octanol–water partition coefficient (Wildman–Crippen LogP) is 2.25. The number of aryl methyl sites for hydroxylation is 1. The first-order valence-corrected chi connectivity index (χ1v) is 7.99. The smallest absolute Gasteiger partial charge is 0.225 e. The molecule has 2 heterocycles. The molecule has 0 atom stereocenters. The lowest BCUT2D eigenvalue weighted by atomic mass is 10.1. The number of allylic oxidation sites excluding steroid dienone is 2. The van der Waals surface area contributed by atoms with Crippen molar-refractivity contribution in [2.24, 2.45) is 11.5 Å². The molecule has 122 valence electrons. The number of rotatable bonds is 6. The summed E-state index contributed by atoms with van der Waals surface area (Å²) in [6, 6.07) is 1.70. The van der Waals surface area contributed by atoms with Gasteiger partial charge in [-0.1, -0.05) is 11.6 Å². The molecule has 7 nitrogen and oxygen atoms in total. The van der Waals surface area contributed by atoms with Crippen molar-refractivity contribution in [2.75, 3.05) is 5.32 Å². The maximum atomic E-state index is 11.9. The van der Waals surface area contributed by atoms with E-state index in [0.717, 1.165) is 16.0 Å². The van der Waals surface area contributed by atoms with Gasteiger partial charge in [-0.05, 0) is 25.1 Å². The van der Waals surface area contributed by atoms with Gasteiger partial charge in [-0.25, -0.2) is 4.98 Å². The Balaban J connectivity index is 1.94. The van der Waals surface area contributed by atoms with Crippen LogP contribution >= 0.6 is 22.9 Å². The van der Waals surface area contributed by atoms with Crippen LogP contribution in [0.4, 0.5) is 5.82 Å². The molecule has 0 aliphatic carbocycles. The summed E-state index contributed by atoms with van der Waals surface area (Å²) in [4.78, 5) is 16.8. The molecule has 0 bridgehead atoms. The second-order valence-electron chi connectivity index (χ2n) is 4.72. The minimum absolute atomic E-state index is 0.142. The summed E-state index contributed by atoms with van der Waals surface area (Å²) >= 11 is 7.12. The van der Waals surface area contributed by atoms with E-state index in [9.17, 15) is 4.79 Å². The van der Waals surface area contributed by atoms with Crippen molar-refractivity contribution in [1.29, 1.82) is 0 Å². The molecule has 6 N–H and O–H groups in total. The number of H-pyrrole nitrogens is 1. The number of amides is 1.